The van der Waals surface area contributed by atoms with Gasteiger partial charge in [0.15, 0.2) is 0 Å². The van der Waals surface area contributed by atoms with Crippen LogP contribution in [0.4, 0.5) is 0 Å². The maximum Gasteiger partial charge on any atom is 0.0986 e. The molecule has 0 aliphatic heterocycles. The Kier molecular flexibility index (Phi) is 2.49. The van der Waals surface area contributed by atoms with E-state index in [1.807, 2.05) is 16.8 Å². The molecule has 3 heterocycles. The van der Waals surface area contributed by atoms with Gasteiger partial charge in [-0.3, -0.25) is 4.98 Å². The van der Waals surface area contributed by atoms with Crippen LogP contribution >= 0.6 is 0 Å². The zero-order valence-corrected chi connectivity index (χ0v) is 12.8. The second kappa shape index (κ2) is 4.42. The van der Waals surface area contributed by atoms with Gasteiger partial charge in [-0.2, -0.15) is 5.10 Å². The van der Waals surface area contributed by atoms with Crippen LogP contribution in [0.1, 0.15) is 54.2 Å². The predicted octanol–water partition coefficient (Wildman–Crippen LogP) is 4.46. The highest BCUT2D eigenvalue weighted by Crippen LogP contribution is 2.48. The van der Waals surface area contributed by atoms with E-state index < -0.39 is 0 Å². The van der Waals surface area contributed by atoms with Gasteiger partial charge in [0.2, 0.25) is 0 Å². The van der Waals surface area contributed by atoms with E-state index in [1.165, 1.54) is 53.5 Å². The Hall–Kier alpha value is -2.16. The number of pyridine rings is 2. The Labute approximate surface area is 130 Å². The van der Waals surface area contributed by atoms with Crippen molar-refractivity contribution in [2.24, 2.45) is 0 Å². The first-order chi connectivity index (χ1) is 10.8. The summed E-state index contributed by atoms with van der Waals surface area (Å²) in [6.07, 6.45) is 11.3. The van der Waals surface area contributed by atoms with Gasteiger partial charge in [0.05, 0.1) is 11.2 Å². The first-order valence-electron chi connectivity index (χ1n) is 8.25. The highest BCUT2D eigenvalue weighted by atomic mass is 15.2. The summed E-state index contributed by atoms with van der Waals surface area (Å²) in [4.78, 5) is 4.52. The molecule has 110 valence electrons. The van der Waals surface area contributed by atoms with Gasteiger partial charge in [-0.25, -0.2) is 4.52 Å². The number of hydrogen-bond acceptors (Lipinski definition) is 2. The van der Waals surface area contributed by atoms with Gasteiger partial charge >= 0.3 is 0 Å². The maximum absolute atomic E-state index is 4.90. The molecule has 2 fully saturated rings. The van der Waals surface area contributed by atoms with Gasteiger partial charge in [-0.1, -0.05) is 6.07 Å². The molecule has 3 aromatic rings. The van der Waals surface area contributed by atoms with Crippen LogP contribution in [0.3, 0.4) is 0 Å². The third-order valence-electron chi connectivity index (χ3n) is 5.09. The van der Waals surface area contributed by atoms with Crippen LogP contribution in [0.5, 0.6) is 0 Å². The van der Waals surface area contributed by atoms with Gasteiger partial charge in [-0.15, -0.1) is 0 Å². The second-order valence-corrected chi connectivity index (χ2v) is 6.74. The van der Waals surface area contributed by atoms with Crippen LogP contribution in [0.2, 0.25) is 0 Å². The lowest BCUT2D eigenvalue weighted by Crippen LogP contribution is -1.95. The average Bonchev–Trinajstić information content (AvgIpc) is 3.44. The van der Waals surface area contributed by atoms with Crippen LogP contribution in [0.25, 0.3) is 16.8 Å². The quantitative estimate of drug-likeness (QED) is 0.712. The Bertz CT molecular complexity index is 870. The molecule has 0 spiro atoms. The van der Waals surface area contributed by atoms with Crippen LogP contribution in [-0.4, -0.2) is 14.6 Å². The number of fused-ring (bicyclic) bond motifs is 1. The third kappa shape index (κ3) is 1.81. The van der Waals surface area contributed by atoms with E-state index in [0.29, 0.717) is 5.92 Å². The smallest absolute Gasteiger partial charge is 0.0986 e. The van der Waals surface area contributed by atoms with Crippen molar-refractivity contribution in [1.82, 2.24) is 14.6 Å². The molecule has 0 atom stereocenters. The Morgan fingerprint density at radius 1 is 1.05 bits per heavy atom. The van der Waals surface area contributed by atoms with Gasteiger partial charge in [0, 0.05) is 29.7 Å². The zero-order valence-electron chi connectivity index (χ0n) is 12.8. The van der Waals surface area contributed by atoms with Crippen molar-refractivity contribution >= 4 is 5.52 Å². The average molecular weight is 289 g/mol. The summed E-state index contributed by atoms with van der Waals surface area (Å²) < 4.78 is 2.03. The van der Waals surface area contributed by atoms with E-state index >= 15 is 0 Å². The molecule has 0 radical (unpaired) electrons. The molecule has 3 nitrogen and oxygen atoms in total. The van der Waals surface area contributed by atoms with Crippen LogP contribution in [0, 0.1) is 6.92 Å². The van der Waals surface area contributed by atoms with Crippen LogP contribution in [0.15, 0.2) is 36.8 Å². The highest BCUT2D eigenvalue weighted by molar-refractivity contribution is 5.76. The van der Waals surface area contributed by atoms with Crippen molar-refractivity contribution in [2.45, 2.75) is 44.4 Å². The van der Waals surface area contributed by atoms with Crippen molar-refractivity contribution in [3.8, 4) is 11.3 Å². The first-order valence-corrected chi connectivity index (χ1v) is 8.25. The van der Waals surface area contributed by atoms with Crippen molar-refractivity contribution < 1.29 is 0 Å². The molecule has 0 bridgehead atoms. The highest BCUT2D eigenvalue weighted by Gasteiger charge is 2.32. The molecule has 2 aliphatic rings. The molecule has 0 unspecified atom stereocenters. The largest absolute Gasteiger partial charge is 0.264 e. The second-order valence-electron chi connectivity index (χ2n) is 6.74. The number of hydrogen-bond donors (Lipinski definition) is 0. The minimum absolute atomic E-state index is 0.680. The zero-order chi connectivity index (χ0) is 14.7. The number of aromatic nitrogens is 3. The van der Waals surface area contributed by atoms with E-state index in [4.69, 9.17) is 5.10 Å². The van der Waals surface area contributed by atoms with Crippen molar-refractivity contribution in [1.29, 1.82) is 0 Å². The Morgan fingerprint density at radius 2 is 1.86 bits per heavy atom. The van der Waals surface area contributed by atoms with E-state index in [9.17, 15) is 0 Å². The summed E-state index contributed by atoms with van der Waals surface area (Å²) in [6.45, 7) is 2.24. The van der Waals surface area contributed by atoms with Crippen molar-refractivity contribution in [3.05, 3.63) is 53.5 Å². The van der Waals surface area contributed by atoms with E-state index in [2.05, 4.69) is 36.4 Å². The lowest BCUT2D eigenvalue weighted by molar-refractivity contribution is 0.962. The molecule has 0 aromatic carbocycles. The molecule has 3 heteroatoms. The van der Waals surface area contributed by atoms with Crippen molar-refractivity contribution in [2.75, 3.05) is 0 Å². The fraction of sp³-hybridized carbons (Fsp3) is 0.368. The molecule has 0 amide bonds. The van der Waals surface area contributed by atoms with Gasteiger partial charge in [0.25, 0.3) is 0 Å². The van der Waals surface area contributed by atoms with Gasteiger partial charge in [-0.05, 0) is 67.7 Å². The van der Waals surface area contributed by atoms with Crippen LogP contribution in [-0.2, 0) is 0 Å². The van der Waals surface area contributed by atoms with Gasteiger partial charge in [0.1, 0.15) is 0 Å². The van der Waals surface area contributed by atoms with Gasteiger partial charge < -0.3 is 0 Å². The summed E-state index contributed by atoms with van der Waals surface area (Å²) in [5.41, 5.74) is 7.88. The summed E-state index contributed by atoms with van der Waals surface area (Å²) in [5.74, 6) is 1.41. The summed E-state index contributed by atoms with van der Waals surface area (Å²) in [7, 11) is 0. The summed E-state index contributed by atoms with van der Waals surface area (Å²) in [6, 6.07) is 6.35. The fourth-order valence-electron chi connectivity index (χ4n) is 3.58. The lowest BCUT2D eigenvalue weighted by Gasteiger charge is -2.09. The standard InChI is InChI=1S/C19H19N3/c1-12-15(13-5-6-13)10-20-11-16(12)19-18(14-7-8-14)17-4-2-3-9-22(17)21-19/h2-4,9-11,13-14H,5-8H2,1H3. The molecule has 2 aliphatic carbocycles. The summed E-state index contributed by atoms with van der Waals surface area (Å²) in [5, 5.41) is 4.90. The minimum atomic E-state index is 0.680. The van der Waals surface area contributed by atoms with Crippen LogP contribution < -0.4 is 0 Å². The maximum atomic E-state index is 4.90. The molecule has 5 rings (SSSR count). The van der Waals surface area contributed by atoms with Crippen molar-refractivity contribution in [3.63, 3.8) is 0 Å². The normalized spacial score (nSPS) is 18.0. The fourth-order valence-corrected chi connectivity index (χ4v) is 3.58. The monoisotopic (exact) mass is 289 g/mol. The first kappa shape index (κ1) is 12.4. The number of nitrogens with zero attached hydrogens (tertiary/aromatic N) is 3. The third-order valence-corrected chi connectivity index (χ3v) is 5.09. The predicted molar refractivity (Wildman–Crippen MR) is 87.1 cm³/mol. The molecule has 22 heavy (non-hydrogen) atoms. The SMILES string of the molecule is Cc1c(-c2nn3ccccc3c2C2CC2)cncc1C1CC1. The molecule has 0 N–H and O–H groups in total. The topological polar surface area (TPSA) is 30.2 Å². The van der Waals surface area contributed by atoms with E-state index in [1.54, 1.807) is 0 Å². The molecular formula is C19H19N3. The van der Waals surface area contributed by atoms with E-state index in [0.717, 1.165) is 11.6 Å². The summed E-state index contributed by atoms with van der Waals surface area (Å²) >= 11 is 0. The lowest BCUT2D eigenvalue weighted by atomic mass is 9.97. The molecule has 2 saturated carbocycles. The molecule has 3 aromatic heterocycles. The van der Waals surface area contributed by atoms with E-state index in [-0.39, 0.29) is 0 Å². The Morgan fingerprint density at radius 3 is 2.64 bits per heavy atom. The molecule has 0 saturated heterocycles. The Balaban J connectivity index is 1.77. The molecular weight excluding hydrogens is 270 g/mol. The minimum Gasteiger partial charge on any atom is -0.264 e. The number of rotatable bonds is 3.